The molecule has 0 radical (unpaired) electrons. The van der Waals surface area contributed by atoms with Gasteiger partial charge in [-0.1, -0.05) is 52.9 Å². The number of halogens is 1. The Morgan fingerprint density at radius 2 is 2.07 bits per heavy atom. The van der Waals surface area contributed by atoms with Crippen LogP contribution in [0.25, 0.3) is 0 Å². The van der Waals surface area contributed by atoms with Gasteiger partial charge in [0.1, 0.15) is 10.2 Å². The highest BCUT2D eigenvalue weighted by Gasteiger charge is 2.28. The van der Waals surface area contributed by atoms with Gasteiger partial charge in [-0.15, -0.1) is 0 Å². The first-order valence-corrected chi connectivity index (χ1v) is 5.99. The first-order chi connectivity index (χ1) is 7.25. The molecule has 0 spiro atoms. The maximum absolute atomic E-state index is 11.6. The monoisotopic (exact) mass is 317 g/mol. The quantitative estimate of drug-likeness (QED) is 0.433. The Kier molecular flexibility index (Phi) is 3.55. The molecule has 1 heterocycles. The van der Waals surface area contributed by atoms with Crippen LogP contribution in [0.3, 0.4) is 0 Å². The SMILES string of the molecule is O=C(Cc1ccccc1)NC1NN[C@@H]1I. The number of hydrogen-bond acceptors (Lipinski definition) is 3. The lowest BCUT2D eigenvalue weighted by atomic mass is 10.1. The van der Waals surface area contributed by atoms with Crippen LogP contribution in [0.4, 0.5) is 0 Å². The summed E-state index contributed by atoms with van der Waals surface area (Å²) in [5.41, 5.74) is 6.91. The number of carbonyl (C=O) groups is 1. The van der Waals surface area contributed by atoms with Crippen LogP contribution >= 0.6 is 22.6 Å². The average molecular weight is 317 g/mol. The molecule has 4 nitrogen and oxygen atoms in total. The number of nitrogens with one attached hydrogen (secondary N) is 3. The molecule has 0 aromatic heterocycles. The van der Waals surface area contributed by atoms with E-state index in [1.807, 2.05) is 30.3 Å². The molecule has 15 heavy (non-hydrogen) atoms. The molecule has 1 aliphatic heterocycles. The minimum Gasteiger partial charge on any atom is -0.337 e. The topological polar surface area (TPSA) is 53.2 Å². The second-order valence-corrected chi connectivity index (χ2v) is 4.74. The van der Waals surface area contributed by atoms with Gasteiger partial charge in [0.15, 0.2) is 0 Å². The van der Waals surface area contributed by atoms with Crippen molar-refractivity contribution in [2.75, 3.05) is 0 Å². The van der Waals surface area contributed by atoms with Gasteiger partial charge in [0.25, 0.3) is 0 Å². The van der Waals surface area contributed by atoms with Gasteiger partial charge in [-0.05, 0) is 5.56 Å². The summed E-state index contributed by atoms with van der Waals surface area (Å²) < 4.78 is 0.266. The number of carbonyl (C=O) groups excluding carboxylic acids is 1. The molecule has 3 N–H and O–H groups in total. The van der Waals surface area contributed by atoms with Crippen LogP contribution in [0.2, 0.25) is 0 Å². The summed E-state index contributed by atoms with van der Waals surface area (Å²) in [6.45, 7) is 0. The van der Waals surface area contributed by atoms with Gasteiger partial charge in [0.2, 0.25) is 5.91 Å². The number of rotatable bonds is 3. The Balaban J connectivity index is 1.82. The summed E-state index contributed by atoms with van der Waals surface area (Å²) in [4.78, 5) is 11.6. The van der Waals surface area contributed by atoms with E-state index in [9.17, 15) is 4.79 Å². The normalized spacial score (nSPS) is 24.3. The third kappa shape index (κ3) is 2.90. The smallest absolute Gasteiger partial charge is 0.225 e. The molecule has 1 unspecified atom stereocenters. The summed E-state index contributed by atoms with van der Waals surface area (Å²) in [5.74, 6) is 0.0434. The van der Waals surface area contributed by atoms with Gasteiger partial charge < -0.3 is 5.32 Å². The molecule has 0 saturated carbocycles. The third-order valence-corrected chi connectivity index (χ3v) is 3.22. The van der Waals surface area contributed by atoms with E-state index in [0.717, 1.165) is 5.56 Å². The van der Waals surface area contributed by atoms with E-state index in [4.69, 9.17) is 0 Å². The fraction of sp³-hybridized carbons (Fsp3) is 0.300. The molecule has 1 saturated heterocycles. The van der Waals surface area contributed by atoms with Crippen molar-refractivity contribution in [1.82, 2.24) is 16.2 Å². The fourth-order valence-corrected chi connectivity index (χ4v) is 1.88. The maximum atomic E-state index is 11.6. The van der Waals surface area contributed by atoms with Crippen LogP contribution in [-0.4, -0.2) is 16.1 Å². The molecule has 1 aliphatic rings. The minimum absolute atomic E-state index is 0.0433. The Morgan fingerprint density at radius 1 is 1.33 bits per heavy atom. The van der Waals surface area contributed by atoms with Crippen molar-refractivity contribution in [3.63, 3.8) is 0 Å². The summed E-state index contributed by atoms with van der Waals surface area (Å²) in [6.07, 6.45) is 0.476. The summed E-state index contributed by atoms with van der Waals surface area (Å²) in [5, 5.41) is 2.89. The number of hydrogen-bond donors (Lipinski definition) is 3. The highest BCUT2D eigenvalue weighted by Crippen LogP contribution is 2.07. The maximum Gasteiger partial charge on any atom is 0.225 e. The Labute approximate surface area is 102 Å². The number of benzene rings is 1. The molecular weight excluding hydrogens is 305 g/mol. The van der Waals surface area contributed by atoms with Crippen molar-refractivity contribution in [2.24, 2.45) is 0 Å². The van der Waals surface area contributed by atoms with Gasteiger partial charge in [-0.3, -0.25) is 4.79 Å². The molecule has 1 aromatic carbocycles. The van der Waals surface area contributed by atoms with E-state index in [2.05, 4.69) is 38.8 Å². The van der Waals surface area contributed by atoms with Gasteiger partial charge in [0.05, 0.1) is 6.42 Å². The molecule has 80 valence electrons. The largest absolute Gasteiger partial charge is 0.337 e. The van der Waals surface area contributed by atoms with Crippen molar-refractivity contribution >= 4 is 28.5 Å². The number of amides is 1. The molecule has 5 heteroatoms. The highest BCUT2D eigenvalue weighted by molar-refractivity contribution is 14.1. The van der Waals surface area contributed by atoms with Gasteiger partial charge >= 0.3 is 0 Å². The predicted octanol–water partition coefficient (Wildman–Crippen LogP) is 0.540. The van der Waals surface area contributed by atoms with E-state index < -0.39 is 0 Å². The zero-order valence-electron chi connectivity index (χ0n) is 8.03. The fourth-order valence-electron chi connectivity index (χ4n) is 1.34. The van der Waals surface area contributed by atoms with E-state index in [1.165, 1.54) is 0 Å². The lowest BCUT2D eigenvalue weighted by Crippen LogP contribution is -2.71. The van der Waals surface area contributed by atoms with E-state index in [1.54, 1.807) is 0 Å². The Hall–Kier alpha value is -0.660. The van der Waals surface area contributed by atoms with Crippen molar-refractivity contribution in [2.45, 2.75) is 16.6 Å². The van der Waals surface area contributed by atoms with Crippen LogP contribution in [0, 0.1) is 0 Å². The first kappa shape index (κ1) is 10.8. The van der Waals surface area contributed by atoms with Crippen LogP contribution in [0.1, 0.15) is 5.56 Å². The van der Waals surface area contributed by atoms with Crippen molar-refractivity contribution < 1.29 is 4.79 Å². The molecule has 0 aliphatic carbocycles. The molecule has 1 amide bonds. The second kappa shape index (κ2) is 4.91. The van der Waals surface area contributed by atoms with Crippen molar-refractivity contribution in [1.29, 1.82) is 0 Å². The van der Waals surface area contributed by atoms with Crippen molar-refractivity contribution in [3.05, 3.63) is 35.9 Å². The van der Waals surface area contributed by atoms with Gasteiger partial charge in [-0.25, -0.2) is 10.9 Å². The Morgan fingerprint density at radius 3 is 2.60 bits per heavy atom. The lowest BCUT2D eigenvalue weighted by molar-refractivity contribution is -0.122. The average Bonchev–Trinajstić information content (AvgIpc) is 2.25. The summed E-state index contributed by atoms with van der Waals surface area (Å²) >= 11 is 2.23. The first-order valence-electron chi connectivity index (χ1n) is 4.74. The molecule has 2 rings (SSSR count). The van der Waals surface area contributed by atoms with Crippen LogP contribution < -0.4 is 16.2 Å². The summed E-state index contributed by atoms with van der Waals surface area (Å²) in [7, 11) is 0. The van der Waals surface area contributed by atoms with Crippen LogP contribution in [0.5, 0.6) is 0 Å². The third-order valence-electron chi connectivity index (χ3n) is 2.19. The molecule has 1 aromatic rings. The number of hydrazine groups is 1. The van der Waals surface area contributed by atoms with E-state index in [-0.39, 0.29) is 16.1 Å². The minimum atomic E-state index is 0.0433. The van der Waals surface area contributed by atoms with Gasteiger partial charge in [-0.2, -0.15) is 0 Å². The van der Waals surface area contributed by atoms with E-state index >= 15 is 0 Å². The molecule has 1 fully saturated rings. The molecule has 0 bridgehead atoms. The van der Waals surface area contributed by atoms with Crippen LogP contribution in [0.15, 0.2) is 30.3 Å². The van der Waals surface area contributed by atoms with Crippen LogP contribution in [-0.2, 0) is 11.2 Å². The predicted molar refractivity (Wildman–Crippen MR) is 66.2 cm³/mol. The highest BCUT2D eigenvalue weighted by atomic mass is 127. The molecular formula is C10H12IN3O. The standard InChI is InChI=1S/C10H12IN3O/c11-9-10(14-13-9)12-8(15)6-7-4-2-1-3-5-7/h1-5,9-10,13-14H,6H2,(H,12,15)/t9-,10?/m0/s1. The lowest BCUT2D eigenvalue weighted by Gasteiger charge is -2.35. The number of alkyl halides is 1. The van der Waals surface area contributed by atoms with E-state index in [0.29, 0.717) is 6.42 Å². The van der Waals surface area contributed by atoms with Crippen molar-refractivity contribution in [3.8, 4) is 0 Å². The zero-order valence-corrected chi connectivity index (χ0v) is 10.2. The zero-order chi connectivity index (χ0) is 10.7. The Bertz CT molecular complexity index is 344. The second-order valence-electron chi connectivity index (χ2n) is 3.40. The van der Waals surface area contributed by atoms with Gasteiger partial charge in [0, 0.05) is 0 Å². The summed E-state index contributed by atoms with van der Waals surface area (Å²) in [6, 6.07) is 9.72. The molecule has 2 atom stereocenters.